The molecule has 0 fully saturated rings. The van der Waals surface area contributed by atoms with Gasteiger partial charge in [-0.15, -0.1) is 0 Å². The third kappa shape index (κ3) is 10.0. The Hall–Kier alpha value is -1.60. The first-order valence-corrected chi connectivity index (χ1v) is 5.41. The first-order valence-electron chi connectivity index (χ1n) is 5.41. The molecule has 1 atom stereocenters. The van der Waals surface area contributed by atoms with Crippen LogP contribution in [0.15, 0.2) is 30.3 Å². The van der Waals surface area contributed by atoms with Gasteiger partial charge in [0.25, 0.3) is 0 Å². The molecule has 0 saturated heterocycles. The van der Waals surface area contributed by atoms with Crippen LogP contribution in [0.5, 0.6) is 0 Å². The van der Waals surface area contributed by atoms with Crippen LogP contribution in [0.25, 0.3) is 0 Å². The molecule has 108 valence electrons. The zero-order valence-electron chi connectivity index (χ0n) is 10.4. The number of carbonyl (C=O) groups is 1. The summed E-state index contributed by atoms with van der Waals surface area (Å²) in [7, 11) is 0. The van der Waals surface area contributed by atoms with E-state index in [4.69, 9.17) is 20.4 Å². The van der Waals surface area contributed by atoms with E-state index in [9.17, 15) is 13.2 Å². The molecule has 4 nitrogen and oxygen atoms in total. The Bertz CT molecular complexity index is 366. The number of alkyl halides is 3. The summed E-state index contributed by atoms with van der Waals surface area (Å²) in [4.78, 5) is 8.90. The van der Waals surface area contributed by atoms with Crippen molar-refractivity contribution in [1.82, 2.24) is 0 Å². The first-order chi connectivity index (χ1) is 8.73. The number of nitrogens with two attached hydrogens (primary N) is 1. The van der Waals surface area contributed by atoms with Gasteiger partial charge in [0, 0.05) is 6.04 Å². The fourth-order valence-electron chi connectivity index (χ4n) is 0.937. The second kappa shape index (κ2) is 8.49. The summed E-state index contributed by atoms with van der Waals surface area (Å²) in [5.41, 5.74) is 6.72. The van der Waals surface area contributed by atoms with Gasteiger partial charge < -0.3 is 15.6 Å². The van der Waals surface area contributed by atoms with Crippen molar-refractivity contribution in [3.63, 3.8) is 0 Å². The molecule has 0 saturated carbocycles. The van der Waals surface area contributed by atoms with Gasteiger partial charge in [-0.3, -0.25) is 0 Å². The number of aliphatic carboxylic acids is 1. The number of benzene rings is 1. The second-order valence-corrected chi connectivity index (χ2v) is 3.78. The van der Waals surface area contributed by atoms with Crippen molar-refractivity contribution < 1.29 is 27.8 Å². The molecule has 0 unspecified atom stereocenters. The molecule has 0 aromatic heterocycles. The molecule has 1 aromatic carbocycles. The standard InChI is InChI=1S/C10H15NO.C2HF3O2/c1-9(11)7-12-8-10-5-3-2-4-6-10;3-2(4,5)1(6)7/h2-6,9H,7-8,11H2,1H3;(H,6,7)/t9-;/m0./s1. The van der Waals surface area contributed by atoms with Crippen molar-refractivity contribution in [1.29, 1.82) is 0 Å². The number of hydrogen-bond acceptors (Lipinski definition) is 3. The highest BCUT2D eigenvalue weighted by Crippen LogP contribution is 2.13. The number of carboxylic acid groups (broad SMARTS) is 1. The van der Waals surface area contributed by atoms with E-state index in [0.29, 0.717) is 13.2 Å². The average molecular weight is 279 g/mol. The maximum Gasteiger partial charge on any atom is 0.490 e. The first kappa shape index (κ1) is 17.4. The highest BCUT2D eigenvalue weighted by molar-refractivity contribution is 5.73. The van der Waals surface area contributed by atoms with Gasteiger partial charge in [-0.2, -0.15) is 13.2 Å². The van der Waals surface area contributed by atoms with Gasteiger partial charge >= 0.3 is 12.1 Å². The van der Waals surface area contributed by atoms with E-state index in [-0.39, 0.29) is 6.04 Å². The summed E-state index contributed by atoms with van der Waals surface area (Å²) in [6, 6.07) is 10.2. The molecule has 1 aromatic rings. The third-order valence-corrected chi connectivity index (χ3v) is 1.73. The van der Waals surface area contributed by atoms with E-state index in [1.54, 1.807) is 0 Å². The van der Waals surface area contributed by atoms with Crippen LogP contribution >= 0.6 is 0 Å². The molecule has 0 aliphatic heterocycles. The van der Waals surface area contributed by atoms with E-state index in [1.165, 1.54) is 5.56 Å². The maximum absolute atomic E-state index is 10.6. The number of carboxylic acids is 1. The summed E-state index contributed by atoms with van der Waals surface area (Å²) >= 11 is 0. The fraction of sp³-hybridized carbons (Fsp3) is 0.417. The predicted octanol–water partition coefficient (Wildman–Crippen LogP) is 2.18. The van der Waals surface area contributed by atoms with Gasteiger partial charge in [0.15, 0.2) is 0 Å². The Morgan fingerprint density at radius 2 is 1.84 bits per heavy atom. The van der Waals surface area contributed by atoms with Crippen LogP contribution in [0.4, 0.5) is 13.2 Å². The van der Waals surface area contributed by atoms with Crippen molar-refractivity contribution in [2.75, 3.05) is 6.61 Å². The van der Waals surface area contributed by atoms with Gasteiger partial charge in [-0.1, -0.05) is 30.3 Å². The number of ether oxygens (including phenoxy) is 1. The Kier molecular flexibility index (Phi) is 7.78. The summed E-state index contributed by atoms with van der Waals surface area (Å²) < 4.78 is 37.1. The lowest BCUT2D eigenvalue weighted by molar-refractivity contribution is -0.192. The molecule has 7 heteroatoms. The lowest BCUT2D eigenvalue weighted by Crippen LogP contribution is -2.21. The van der Waals surface area contributed by atoms with Crippen molar-refractivity contribution in [2.45, 2.75) is 25.7 Å². The molecule has 3 N–H and O–H groups in total. The Labute approximate surface area is 109 Å². The molecule has 0 heterocycles. The highest BCUT2D eigenvalue weighted by Gasteiger charge is 2.38. The number of halogens is 3. The third-order valence-electron chi connectivity index (χ3n) is 1.73. The lowest BCUT2D eigenvalue weighted by Gasteiger charge is -2.06. The van der Waals surface area contributed by atoms with Crippen LogP contribution in [0.1, 0.15) is 12.5 Å². The van der Waals surface area contributed by atoms with E-state index >= 15 is 0 Å². The monoisotopic (exact) mass is 279 g/mol. The second-order valence-electron chi connectivity index (χ2n) is 3.78. The summed E-state index contributed by atoms with van der Waals surface area (Å²) in [5.74, 6) is -2.76. The van der Waals surface area contributed by atoms with Gasteiger partial charge in [-0.25, -0.2) is 4.79 Å². The predicted molar refractivity (Wildman–Crippen MR) is 63.4 cm³/mol. The fourth-order valence-corrected chi connectivity index (χ4v) is 0.937. The minimum absolute atomic E-state index is 0.119. The molecule has 0 radical (unpaired) electrons. The van der Waals surface area contributed by atoms with E-state index in [0.717, 1.165) is 0 Å². The number of hydrogen-bond donors (Lipinski definition) is 2. The Morgan fingerprint density at radius 3 is 2.21 bits per heavy atom. The molecule has 1 rings (SSSR count). The summed E-state index contributed by atoms with van der Waals surface area (Å²) in [6.07, 6.45) is -5.08. The van der Waals surface area contributed by atoms with Gasteiger partial charge in [0.2, 0.25) is 0 Å². The summed E-state index contributed by atoms with van der Waals surface area (Å²) in [5, 5.41) is 7.12. The average Bonchev–Trinajstić information content (AvgIpc) is 2.29. The molecule has 0 amide bonds. The van der Waals surface area contributed by atoms with Gasteiger partial charge in [0.1, 0.15) is 0 Å². The minimum atomic E-state index is -5.08. The molecule has 0 aliphatic rings. The van der Waals surface area contributed by atoms with Crippen molar-refractivity contribution in [3.05, 3.63) is 35.9 Å². The van der Waals surface area contributed by atoms with Crippen LogP contribution in [0.2, 0.25) is 0 Å². The zero-order valence-corrected chi connectivity index (χ0v) is 10.4. The molecular weight excluding hydrogens is 263 g/mol. The quantitative estimate of drug-likeness (QED) is 0.886. The van der Waals surface area contributed by atoms with Crippen LogP contribution < -0.4 is 5.73 Å². The minimum Gasteiger partial charge on any atom is -0.475 e. The largest absolute Gasteiger partial charge is 0.490 e. The zero-order chi connectivity index (χ0) is 14.9. The molecule has 0 bridgehead atoms. The van der Waals surface area contributed by atoms with E-state index in [1.807, 2.05) is 37.3 Å². The van der Waals surface area contributed by atoms with Crippen molar-refractivity contribution >= 4 is 5.97 Å². The topological polar surface area (TPSA) is 72.5 Å². The van der Waals surface area contributed by atoms with Gasteiger partial charge in [-0.05, 0) is 12.5 Å². The molecule has 19 heavy (non-hydrogen) atoms. The van der Waals surface area contributed by atoms with Gasteiger partial charge in [0.05, 0.1) is 13.2 Å². The maximum atomic E-state index is 10.6. The molecular formula is C12H16F3NO3. The van der Waals surface area contributed by atoms with Crippen LogP contribution in [0.3, 0.4) is 0 Å². The number of rotatable bonds is 4. The molecule has 0 aliphatic carbocycles. The molecule has 0 spiro atoms. The Morgan fingerprint density at radius 1 is 1.37 bits per heavy atom. The van der Waals surface area contributed by atoms with E-state index in [2.05, 4.69) is 0 Å². The Balaban J connectivity index is 0.000000399. The normalized spacial score (nSPS) is 12.3. The van der Waals surface area contributed by atoms with Crippen LogP contribution in [0, 0.1) is 0 Å². The lowest BCUT2D eigenvalue weighted by atomic mass is 10.2. The van der Waals surface area contributed by atoms with Crippen molar-refractivity contribution in [3.8, 4) is 0 Å². The SMILES string of the molecule is C[C@H](N)COCc1ccccc1.O=C(O)C(F)(F)F. The van der Waals surface area contributed by atoms with Crippen LogP contribution in [-0.2, 0) is 16.1 Å². The smallest absolute Gasteiger partial charge is 0.475 e. The van der Waals surface area contributed by atoms with E-state index < -0.39 is 12.1 Å². The summed E-state index contributed by atoms with van der Waals surface area (Å²) in [6.45, 7) is 3.21. The van der Waals surface area contributed by atoms with Crippen LogP contribution in [-0.4, -0.2) is 29.9 Å². The van der Waals surface area contributed by atoms with Crippen molar-refractivity contribution in [2.24, 2.45) is 5.73 Å². The highest BCUT2D eigenvalue weighted by atomic mass is 19.4.